The van der Waals surface area contributed by atoms with Crippen LogP contribution in [0.3, 0.4) is 0 Å². The Balaban J connectivity index is 2.05. The molecule has 0 radical (unpaired) electrons. The fourth-order valence-corrected chi connectivity index (χ4v) is 2.03. The molecule has 2 heterocycles. The van der Waals surface area contributed by atoms with Gasteiger partial charge >= 0.3 is 0 Å². The van der Waals surface area contributed by atoms with E-state index in [0.717, 1.165) is 0 Å². The Morgan fingerprint density at radius 2 is 2.24 bits per heavy atom. The summed E-state index contributed by atoms with van der Waals surface area (Å²) in [5, 5.41) is 17.3. The van der Waals surface area contributed by atoms with Crippen molar-refractivity contribution in [2.75, 3.05) is 11.9 Å². The zero-order chi connectivity index (χ0) is 14.8. The molecular formula is C14H14FN5O. The highest BCUT2D eigenvalue weighted by Gasteiger charge is 2.11. The molecule has 0 aliphatic carbocycles. The third kappa shape index (κ3) is 2.68. The van der Waals surface area contributed by atoms with Crippen molar-refractivity contribution in [1.29, 1.82) is 0 Å². The Morgan fingerprint density at radius 1 is 1.38 bits per heavy atom. The average Bonchev–Trinajstić information content (AvgIpc) is 2.89. The first-order chi connectivity index (χ1) is 10.1. The first kappa shape index (κ1) is 13.4. The van der Waals surface area contributed by atoms with Crippen molar-refractivity contribution < 1.29 is 9.50 Å². The lowest BCUT2D eigenvalue weighted by Gasteiger charge is -2.08. The van der Waals surface area contributed by atoms with Gasteiger partial charge < -0.3 is 10.4 Å². The fraction of sp³-hybridized carbons (Fsp3) is 0.214. The summed E-state index contributed by atoms with van der Waals surface area (Å²) < 4.78 is 14.9. The van der Waals surface area contributed by atoms with E-state index in [1.54, 1.807) is 29.9 Å². The van der Waals surface area contributed by atoms with Gasteiger partial charge in [0, 0.05) is 6.54 Å². The van der Waals surface area contributed by atoms with Crippen LogP contribution in [0.4, 0.5) is 10.2 Å². The highest BCUT2D eigenvalue weighted by molar-refractivity contribution is 5.87. The van der Waals surface area contributed by atoms with Crippen molar-refractivity contribution in [2.45, 2.75) is 13.0 Å². The number of fused-ring (bicyclic) bond motifs is 1. The molecule has 2 aromatic heterocycles. The summed E-state index contributed by atoms with van der Waals surface area (Å²) in [6.07, 6.45) is 2.53. The Hall–Kier alpha value is -2.54. The topological polar surface area (TPSA) is 75.9 Å². The minimum atomic E-state index is -0.492. The number of benzene rings is 1. The maximum Gasteiger partial charge on any atom is 0.168 e. The fourth-order valence-electron chi connectivity index (χ4n) is 2.03. The number of hydrogen-bond donors (Lipinski definition) is 2. The van der Waals surface area contributed by atoms with Gasteiger partial charge in [0.1, 0.15) is 18.0 Å². The predicted molar refractivity (Wildman–Crippen MR) is 76.8 cm³/mol. The van der Waals surface area contributed by atoms with E-state index in [2.05, 4.69) is 20.4 Å². The van der Waals surface area contributed by atoms with Crippen LogP contribution in [-0.4, -0.2) is 37.5 Å². The normalized spacial score (nSPS) is 12.5. The molecule has 0 aliphatic rings. The van der Waals surface area contributed by atoms with Crippen LogP contribution in [0.2, 0.25) is 0 Å². The molecule has 108 valence electrons. The molecule has 0 spiro atoms. The van der Waals surface area contributed by atoms with E-state index in [4.69, 9.17) is 0 Å². The van der Waals surface area contributed by atoms with Gasteiger partial charge in [-0.25, -0.2) is 19.0 Å². The van der Waals surface area contributed by atoms with Gasteiger partial charge in [-0.2, -0.15) is 5.10 Å². The molecule has 0 bridgehead atoms. The Morgan fingerprint density at radius 3 is 3.00 bits per heavy atom. The van der Waals surface area contributed by atoms with Crippen LogP contribution in [0, 0.1) is 5.82 Å². The molecular weight excluding hydrogens is 273 g/mol. The van der Waals surface area contributed by atoms with Crippen molar-refractivity contribution >= 4 is 16.9 Å². The van der Waals surface area contributed by atoms with Crippen LogP contribution >= 0.6 is 0 Å². The van der Waals surface area contributed by atoms with Gasteiger partial charge in [0.15, 0.2) is 5.65 Å². The second kappa shape index (κ2) is 5.45. The van der Waals surface area contributed by atoms with Gasteiger partial charge in [-0.05, 0) is 25.1 Å². The molecule has 0 amide bonds. The second-order valence-electron chi connectivity index (χ2n) is 4.73. The van der Waals surface area contributed by atoms with Crippen LogP contribution in [0.5, 0.6) is 0 Å². The molecule has 0 fully saturated rings. The molecule has 1 atom stereocenters. The smallest absolute Gasteiger partial charge is 0.168 e. The SMILES string of the molecule is CC(O)CNc1ncnc2c1cnn2-c1cccc(F)c1. The third-order valence-corrected chi connectivity index (χ3v) is 2.98. The Labute approximate surface area is 120 Å². The molecule has 3 aromatic rings. The van der Waals surface area contributed by atoms with Crippen LogP contribution in [0.1, 0.15) is 6.92 Å². The molecule has 3 rings (SSSR count). The maximum absolute atomic E-state index is 13.3. The first-order valence-electron chi connectivity index (χ1n) is 6.52. The zero-order valence-corrected chi connectivity index (χ0v) is 11.4. The van der Waals surface area contributed by atoms with Crippen molar-refractivity contribution in [3.8, 4) is 5.69 Å². The largest absolute Gasteiger partial charge is 0.392 e. The van der Waals surface area contributed by atoms with Gasteiger partial charge in [0.05, 0.1) is 23.4 Å². The number of hydrogen-bond acceptors (Lipinski definition) is 5. The summed E-state index contributed by atoms with van der Waals surface area (Å²) in [5.41, 5.74) is 1.16. The number of anilines is 1. The van der Waals surface area contributed by atoms with Crippen molar-refractivity contribution in [3.05, 3.63) is 42.6 Å². The molecule has 6 nitrogen and oxygen atoms in total. The third-order valence-electron chi connectivity index (χ3n) is 2.98. The summed E-state index contributed by atoms with van der Waals surface area (Å²) in [7, 11) is 0. The molecule has 0 saturated carbocycles. The predicted octanol–water partition coefficient (Wildman–Crippen LogP) is 1.75. The summed E-state index contributed by atoms with van der Waals surface area (Å²) >= 11 is 0. The molecule has 0 aliphatic heterocycles. The number of aliphatic hydroxyl groups is 1. The van der Waals surface area contributed by atoms with Crippen LogP contribution in [0.15, 0.2) is 36.8 Å². The molecule has 1 unspecified atom stereocenters. The highest BCUT2D eigenvalue weighted by Crippen LogP contribution is 2.21. The lowest BCUT2D eigenvalue weighted by atomic mass is 10.3. The number of aliphatic hydroxyl groups excluding tert-OH is 1. The number of nitrogens with one attached hydrogen (secondary N) is 1. The van der Waals surface area contributed by atoms with E-state index in [1.807, 2.05) is 0 Å². The van der Waals surface area contributed by atoms with E-state index >= 15 is 0 Å². The number of rotatable bonds is 4. The number of aromatic nitrogens is 4. The number of halogens is 1. The van der Waals surface area contributed by atoms with E-state index in [0.29, 0.717) is 29.1 Å². The van der Waals surface area contributed by atoms with E-state index < -0.39 is 6.10 Å². The van der Waals surface area contributed by atoms with Gasteiger partial charge in [0.25, 0.3) is 0 Å². The molecule has 21 heavy (non-hydrogen) atoms. The summed E-state index contributed by atoms with van der Waals surface area (Å²) in [5.74, 6) is 0.251. The first-order valence-corrected chi connectivity index (χ1v) is 6.52. The summed E-state index contributed by atoms with van der Waals surface area (Å²) in [6.45, 7) is 2.05. The summed E-state index contributed by atoms with van der Waals surface area (Å²) in [6, 6.07) is 6.13. The minimum Gasteiger partial charge on any atom is -0.392 e. The Kier molecular flexibility index (Phi) is 3.49. The van der Waals surface area contributed by atoms with Crippen molar-refractivity contribution in [2.24, 2.45) is 0 Å². The maximum atomic E-state index is 13.3. The minimum absolute atomic E-state index is 0.336. The monoisotopic (exact) mass is 287 g/mol. The highest BCUT2D eigenvalue weighted by atomic mass is 19.1. The summed E-state index contributed by atoms with van der Waals surface area (Å²) in [4.78, 5) is 8.34. The van der Waals surface area contributed by atoms with Crippen molar-refractivity contribution in [3.63, 3.8) is 0 Å². The number of nitrogens with zero attached hydrogens (tertiary/aromatic N) is 4. The van der Waals surface area contributed by atoms with Crippen LogP contribution in [-0.2, 0) is 0 Å². The van der Waals surface area contributed by atoms with Crippen molar-refractivity contribution in [1.82, 2.24) is 19.7 Å². The molecule has 2 N–H and O–H groups in total. The van der Waals surface area contributed by atoms with Gasteiger partial charge in [-0.1, -0.05) is 6.07 Å². The molecule has 0 saturated heterocycles. The Bertz CT molecular complexity index is 771. The second-order valence-corrected chi connectivity index (χ2v) is 4.73. The van der Waals surface area contributed by atoms with Crippen LogP contribution in [0.25, 0.3) is 16.7 Å². The average molecular weight is 287 g/mol. The van der Waals surface area contributed by atoms with E-state index in [9.17, 15) is 9.50 Å². The lowest BCUT2D eigenvalue weighted by molar-refractivity contribution is 0.208. The van der Waals surface area contributed by atoms with E-state index in [1.165, 1.54) is 18.5 Å². The van der Waals surface area contributed by atoms with Crippen LogP contribution < -0.4 is 5.32 Å². The van der Waals surface area contributed by atoms with Gasteiger partial charge in [-0.15, -0.1) is 0 Å². The van der Waals surface area contributed by atoms with Gasteiger partial charge in [-0.3, -0.25) is 0 Å². The van der Waals surface area contributed by atoms with E-state index in [-0.39, 0.29) is 5.82 Å². The zero-order valence-electron chi connectivity index (χ0n) is 11.4. The molecule has 1 aromatic carbocycles. The standard InChI is InChI=1S/C14H14FN5O/c1-9(21)6-16-13-12-7-19-20(14(12)18-8-17-13)11-4-2-3-10(15)5-11/h2-5,7-9,21H,6H2,1H3,(H,16,17,18). The lowest BCUT2D eigenvalue weighted by Crippen LogP contribution is -2.16. The molecule has 7 heteroatoms. The van der Waals surface area contributed by atoms with Gasteiger partial charge in [0.2, 0.25) is 0 Å². The quantitative estimate of drug-likeness (QED) is 0.764.